The van der Waals surface area contributed by atoms with Crippen LogP contribution in [0.5, 0.6) is 0 Å². The number of hydrogen-bond acceptors (Lipinski definition) is 2. The van der Waals surface area contributed by atoms with Crippen LogP contribution in [0.2, 0.25) is 0 Å². The molecular formula is C13H16N2S. The van der Waals surface area contributed by atoms with Gasteiger partial charge in [0.1, 0.15) is 0 Å². The van der Waals surface area contributed by atoms with E-state index in [0.29, 0.717) is 6.42 Å². The van der Waals surface area contributed by atoms with Gasteiger partial charge in [0, 0.05) is 18.3 Å². The molecule has 0 aliphatic heterocycles. The van der Waals surface area contributed by atoms with E-state index in [1.807, 2.05) is 32.0 Å². The van der Waals surface area contributed by atoms with E-state index < -0.39 is 0 Å². The van der Waals surface area contributed by atoms with Crippen LogP contribution < -0.4 is 5.32 Å². The molecule has 1 aromatic rings. The largest absolute Gasteiger partial charge is 0.364 e. The average molecular weight is 232 g/mol. The van der Waals surface area contributed by atoms with Crippen molar-refractivity contribution in [1.82, 2.24) is 10.3 Å². The number of rotatable bonds is 4. The van der Waals surface area contributed by atoms with Gasteiger partial charge >= 0.3 is 0 Å². The predicted molar refractivity (Wildman–Crippen MR) is 71.2 cm³/mol. The second-order valence-corrected chi connectivity index (χ2v) is 4.37. The molecule has 16 heavy (non-hydrogen) atoms. The lowest BCUT2D eigenvalue weighted by Gasteiger charge is -2.24. The SMILES string of the molecule is C#CC(C)(CC)NC(=S)Cc1ccccn1. The summed E-state index contributed by atoms with van der Waals surface area (Å²) >= 11 is 5.27. The zero-order chi connectivity index (χ0) is 12.0. The van der Waals surface area contributed by atoms with Gasteiger partial charge in [-0.1, -0.05) is 31.1 Å². The summed E-state index contributed by atoms with van der Waals surface area (Å²) in [6, 6.07) is 5.79. The Morgan fingerprint density at radius 2 is 2.38 bits per heavy atom. The fourth-order valence-corrected chi connectivity index (χ4v) is 1.62. The fraction of sp³-hybridized carbons (Fsp3) is 0.385. The predicted octanol–water partition coefficient (Wildman–Crippen LogP) is 2.34. The maximum absolute atomic E-state index is 5.47. The highest BCUT2D eigenvalue weighted by Crippen LogP contribution is 2.08. The van der Waals surface area contributed by atoms with Gasteiger partial charge in [-0.05, 0) is 25.5 Å². The third-order valence-corrected chi connectivity index (χ3v) is 2.76. The normalized spacial score (nSPS) is 13.6. The summed E-state index contributed by atoms with van der Waals surface area (Å²) in [5, 5.41) is 3.20. The molecule has 0 spiro atoms. The van der Waals surface area contributed by atoms with E-state index in [2.05, 4.69) is 16.2 Å². The van der Waals surface area contributed by atoms with Crippen molar-refractivity contribution in [3.8, 4) is 12.3 Å². The molecule has 1 atom stereocenters. The highest BCUT2D eigenvalue weighted by atomic mass is 32.1. The summed E-state index contributed by atoms with van der Waals surface area (Å²) < 4.78 is 0. The highest BCUT2D eigenvalue weighted by Gasteiger charge is 2.19. The first kappa shape index (κ1) is 12.7. The molecule has 0 amide bonds. The topological polar surface area (TPSA) is 24.9 Å². The van der Waals surface area contributed by atoms with E-state index in [1.54, 1.807) is 6.20 Å². The van der Waals surface area contributed by atoms with Gasteiger partial charge in [0.15, 0.2) is 0 Å². The fourth-order valence-electron chi connectivity index (χ4n) is 1.25. The molecule has 1 aromatic heterocycles. The van der Waals surface area contributed by atoms with Crippen LogP contribution in [0.25, 0.3) is 0 Å². The minimum absolute atomic E-state index is 0.355. The van der Waals surface area contributed by atoms with Gasteiger partial charge in [-0.2, -0.15) is 0 Å². The van der Waals surface area contributed by atoms with Crippen LogP contribution in [0.4, 0.5) is 0 Å². The van der Waals surface area contributed by atoms with Crippen LogP contribution in [-0.2, 0) is 6.42 Å². The molecule has 1 heterocycles. The van der Waals surface area contributed by atoms with E-state index in [4.69, 9.17) is 18.6 Å². The Bertz CT molecular complexity index is 394. The summed E-state index contributed by atoms with van der Waals surface area (Å²) in [5.74, 6) is 2.73. The summed E-state index contributed by atoms with van der Waals surface area (Å²) in [5.41, 5.74) is 0.599. The van der Waals surface area contributed by atoms with Crippen molar-refractivity contribution < 1.29 is 0 Å². The average Bonchev–Trinajstić information content (AvgIpc) is 2.30. The molecule has 1 N–H and O–H groups in total. The lowest BCUT2D eigenvalue weighted by molar-refractivity contribution is 0.523. The molecule has 0 bridgehead atoms. The first-order valence-corrected chi connectivity index (χ1v) is 5.69. The van der Waals surface area contributed by atoms with Crippen molar-refractivity contribution in [2.75, 3.05) is 0 Å². The number of terminal acetylenes is 1. The van der Waals surface area contributed by atoms with Gasteiger partial charge < -0.3 is 5.32 Å². The van der Waals surface area contributed by atoms with Crippen molar-refractivity contribution in [2.45, 2.75) is 32.2 Å². The van der Waals surface area contributed by atoms with E-state index in [1.165, 1.54) is 0 Å². The molecule has 0 radical (unpaired) electrons. The number of nitrogens with one attached hydrogen (secondary N) is 1. The Morgan fingerprint density at radius 1 is 1.62 bits per heavy atom. The summed E-state index contributed by atoms with van der Waals surface area (Å²) in [6.45, 7) is 4.01. The Labute approximate surface area is 102 Å². The Hall–Kier alpha value is -1.40. The lowest BCUT2D eigenvalue weighted by Crippen LogP contribution is -2.44. The lowest BCUT2D eigenvalue weighted by atomic mass is 10.00. The van der Waals surface area contributed by atoms with Crippen LogP contribution in [0.15, 0.2) is 24.4 Å². The molecule has 0 aliphatic carbocycles. The third-order valence-electron chi connectivity index (χ3n) is 2.51. The number of aromatic nitrogens is 1. The van der Waals surface area contributed by atoms with Gasteiger partial charge in [0.05, 0.1) is 10.5 Å². The van der Waals surface area contributed by atoms with Gasteiger partial charge in [-0.25, -0.2) is 0 Å². The van der Waals surface area contributed by atoms with Crippen molar-refractivity contribution >= 4 is 17.2 Å². The van der Waals surface area contributed by atoms with Crippen LogP contribution in [0, 0.1) is 12.3 Å². The van der Waals surface area contributed by atoms with E-state index in [9.17, 15) is 0 Å². The van der Waals surface area contributed by atoms with Gasteiger partial charge in [-0.3, -0.25) is 4.98 Å². The Morgan fingerprint density at radius 3 is 2.88 bits per heavy atom. The number of hydrogen-bond donors (Lipinski definition) is 1. The molecule has 1 rings (SSSR count). The molecule has 0 saturated heterocycles. The minimum atomic E-state index is -0.355. The van der Waals surface area contributed by atoms with Gasteiger partial charge in [-0.15, -0.1) is 6.42 Å². The molecule has 0 aliphatic rings. The van der Waals surface area contributed by atoms with E-state index in [-0.39, 0.29) is 5.54 Å². The maximum Gasteiger partial charge on any atom is 0.0957 e. The molecule has 3 heteroatoms. The molecular weight excluding hydrogens is 216 g/mol. The number of pyridine rings is 1. The Kier molecular flexibility index (Phi) is 4.45. The molecule has 0 fully saturated rings. The van der Waals surface area contributed by atoms with E-state index >= 15 is 0 Å². The quantitative estimate of drug-likeness (QED) is 0.637. The summed E-state index contributed by atoms with van der Waals surface area (Å²) in [4.78, 5) is 4.96. The zero-order valence-corrected chi connectivity index (χ0v) is 10.5. The van der Waals surface area contributed by atoms with Gasteiger partial charge in [0.2, 0.25) is 0 Å². The standard InChI is InChI=1S/C13H16N2S/c1-4-13(3,5-2)15-12(16)10-11-8-6-7-9-14-11/h1,6-9H,5,10H2,2-3H3,(H,15,16). The minimum Gasteiger partial charge on any atom is -0.364 e. The summed E-state index contributed by atoms with van der Waals surface area (Å²) in [6.07, 6.45) is 8.71. The second-order valence-electron chi connectivity index (χ2n) is 3.88. The molecule has 0 aromatic carbocycles. The molecule has 0 saturated carbocycles. The van der Waals surface area contributed by atoms with Gasteiger partial charge in [0.25, 0.3) is 0 Å². The summed E-state index contributed by atoms with van der Waals surface area (Å²) in [7, 11) is 0. The molecule has 84 valence electrons. The highest BCUT2D eigenvalue weighted by molar-refractivity contribution is 7.80. The second kappa shape index (κ2) is 5.62. The van der Waals surface area contributed by atoms with Crippen LogP contribution in [-0.4, -0.2) is 15.5 Å². The van der Waals surface area contributed by atoms with Crippen molar-refractivity contribution in [3.05, 3.63) is 30.1 Å². The molecule has 2 nitrogen and oxygen atoms in total. The first-order chi connectivity index (χ1) is 7.59. The molecule has 1 unspecified atom stereocenters. The maximum atomic E-state index is 5.47. The van der Waals surface area contributed by atoms with Crippen LogP contribution in [0.3, 0.4) is 0 Å². The van der Waals surface area contributed by atoms with Crippen LogP contribution >= 0.6 is 12.2 Å². The number of thiocarbonyl (C=S) groups is 1. The van der Waals surface area contributed by atoms with Crippen LogP contribution in [0.1, 0.15) is 26.0 Å². The van der Waals surface area contributed by atoms with Crippen molar-refractivity contribution in [2.24, 2.45) is 0 Å². The third kappa shape index (κ3) is 3.63. The zero-order valence-electron chi connectivity index (χ0n) is 9.66. The van der Waals surface area contributed by atoms with Crippen molar-refractivity contribution in [1.29, 1.82) is 0 Å². The Balaban J connectivity index is 2.59. The number of nitrogens with zero attached hydrogens (tertiary/aromatic N) is 1. The monoisotopic (exact) mass is 232 g/mol. The smallest absolute Gasteiger partial charge is 0.0957 e. The van der Waals surface area contributed by atoms with E-state index in [0.717, 1.165) is 17.1 Å². The first-order valence-electron chi connectivity index (χ1n) is 5.28. The van der Waals surface area contributed by atoms with Crippen molar-refractivity contribution in [3.63, 3.8) is 0 Å².